The monoisotopic (exact) mass is 296 g/mol. The maximum atomic E-state index is 11.9. The van der Waals surface area contributed by atoms with Gasteiger partial charge in [0.15, 0.2) is 0 Å². The zero-order valence-corrected chi connectivity index (χ0v) is 12.6. The predicted octanol–water partition coefficient (Wildman–Crippen LogP) is 3.37. The van der Waals surface area contributed by atoms with Gasteiger partial charge in [-0.05, 0) is 42.7 Å². The first kappa shape index (κ1) is 14.4. The number of para-hydroxylation sites is 1. The molecule has 4 nitrogen and oxygen atoms in total. The number of ether oxygens (including phenoxy) is 1. The molecule has 0 saturated heterocycles. The molecule has 2 aromatic carbocycles. The Kier molecular flexibility index (Phi) is 4.28. The van der Waals surface area contributed by atoms with Crippen molar-refractivity contribution in [1.82, 2.24) is 5.32 Å². The van der Waals surface area contributed by atoms with Crippen LogP contribution in [0.15, 0.2) is 48.5 Å². The van der Waals surface area contributed by atoms with E-state index in [1.165, 1.54) is 5.56 Å². The van der Waals surface area contributed by atoms with Gasteiger partial charge in [0.2, 0.25) is 0 Å². The number of anilines is 1. The Morgan fingerprint density at radius 1 is 1.23 bits per heavy atom. The number of fused-ring (bicyclic) bond motifs is 1. The second-order valence-corrected chi connectivity index (χ2v) is 5.69. The van der Waals surface area contributed by atoms with Crippen LogP contribution in [-0.4, -0.2) is 19.2 Å². The Balaban J connectivity index is 1.50. The molecule has 4 heteroatoms. The predicted molar refractivity (Wildman–Crippen MR) is 87.3 cm³/mol. The van der Waals surface area contributed by atoms with E-state index in [-0.39, 0.29) is 6.03 Å². The molecule has 0 saturated carbocycles. The zero-order chi connectivity index (χ0) is 15.4. The van der Waals surface area contributed by atoms with Crippen LogP contribution in [0.2, 0.25) is 0 Å². The quantitative estimate of drug-likeness (QED) is 0.912. The largest absolute Gasteiger partial charge is 0.493 e. The van der Waals surface area contributed by atoms with Crippen molar-refractivity contribution in [2.45, 2.75) is 13.3 Å². The van der Waals surface area contributed by atoms with E-state index in [1.807, 2.05) is 49.4 Å². The highest BCUT2D eigenvalue weighted by Gasteiger charge is 2.19. The summed E-state index contributed by atoms with van der Waals surface area (Å²) in [6.07, 6.45) is 0.931. The third kappa shape index (κ3) is 3.58. The molecule has 0 fully saturated rings. The molecule has 2 aromatic rings. The molecule has 1 aliphatic rings. The molecule has 2 amide bonds. The summed E-state index contributed by atoms with van der Waals surface area (Å²) in [7, 11) is 0. The summed E-state index contributed by atoms with van der Waals surface area (Å²) in [5, 5.41) is 5.77. The third-order valence-electron chi connectivity index (χ3n) is 3.78. The van der Waals surface area contributed by atoms with E-state index in [1.54, 1.807) is 0 Å². The van der Waals surface area contributed by atoms with E-state index in [9.17, 15) is 4.79 Å². The molecule has 3 rings (SSSR count). The van der Waals surface area contributed by atoms with E-state index in [0.29, 0.717) is 19.1 Å². The Morgan fingerprint density at radius 3 is 2.95 bits per heavy atom. The normalized spacial score (nSPS) is 16.3. The summed E-state index contributed by atoms with van der Waals surface area (Å²) in [6.45, 7) is 3.24. The lowest BCUT2D eigenvalue weighted by molar-refractivity contribution is 0.215. The van der Waals surface area contributed by atoms with Gasteiger partial charge >= 0.3 is 6.03 Å². The molecule has 22 heavy (non-hydrogen) atoms. The average Bonchev–Trinajstić information content (AvgIpc) is 2.53. The van der Waals surface area contributed by atoms with Gasteiger partial charge in [-0.3, -0.25) is 0 Å². The first-order valence-electron chi connectivity index (χ1n) is 7.53. The Hall–Kier alpha value is -2.49. The number of carbonyl (C=O) groups excluding carboxylic acids is 1. The van der Waals surface area contributed by atoms with Crippen molar-refractivity contribution in [3.63, 3.8) is 0 Å². The minimum Gasteiger partial charge on any atom is -0.493 e. The van der Waals surface area contributed by atoms with Crippen molar-refractivity contribution >= 4 is 11.7 Å². The molecule has 2 N–H and O–H groups in total. The third-order valence-corrected chi connectivity index (χ3v) is 3.78. The van der Waals surface area contributed by atoms with Gasteiger partial charge < -0.3 is 15.4 Å². The van der Waals surface area contributed by atoms with Gasteiger partial charge in [-0.2, -0.15) is 0 Å². The molecule has 0 bridgehead atoms. The molecular formula is C18H20N2O2. The number of aryl methyl sites for hydroxylation is 1. The van der Waals surface area contributed by atoms with Gasteiger partial charge in [0.25, 0.3) is 0 Å². The molecule has 0 radical (unpaired) electrons. The average molecular weight is 296 g/mol. The summed E-state index contributed by atoms with van der Waals surface area (Å²) in [5.41, 5.74) is 3.14. The van der Waals surface area contributed by atoms with Crippen LogP contribution < -0.4 is 15.4 Å². The lowest BCUT2D eigenvalue weighted by atomic mass is 9.97. The lowest BCUT2D eigenvalue weighted by Crippen LogP contribution is -2.37. The molecule has 1 atom stereocenters. The van der Waals surface area contributed by atoms with E-state index in [0.717, 1.165) is 23.4 Å². The summed E-state index contributed by atoms with van der Waals surface area (Å²) >= 11 is 0. The Labute approximate surface area is 130 Å². The van der Waals surface area contributed by atoms with E-state index in [4.69, 9.17) is 4.74 Å². The molecule has 1 heterocycles. The van der Waals surface area contributed by atoms with Crippen LogP contribution >= 0.6 is 0 Å². The highest BCUT2D eigenvalue weighted by atomic mass is 16.5. The standard InChI is InChI=1S/C18H20N2O2/c1-13-5-4-7-16(9-13)20-18(21)19-11-14-10-15-6-2-3-8-17(15)22-12-14/h2-9,14H,10-12H2,1H3,(H2,19,20,21)/t14-/m0/s1. The van der Waals surface area contributed by atoms with Gasteiger partial charge in [0.05, 0.1) is 6.61 Å². The highest BCUT2D eigenvalue weighted by Crippen LogP contribution is 2.26. The van der Waals surface area contributed by atoms with Crippen molar-refractivity contribution in [1.29, 1.82) is 0 Å². The smallest absolute Gasteiger partial charge is 0.319 e. The number of benzene rings is 2. The molecule has 1 aliphatic heterocycles. The number of nitrogens with one attached hydrogen (secondary N) is 2. The van der Waals surface area contributed by atoms with Gasteiger partial charge in [-0.25, -0.2) is 4.79 Å². The van der Waals surface area contributed by atoms with Crippen molar-refractivity contribution in [2.75, 3.05) is 18.5 Å². The fraction of sp³-hybridized carbons (Fsp3) is 0.278. The minimum atomic E-state index is -0.176. The number of hydrogen-bond donors (Lipinski definition) is 2. The molecule has 0 aliphatic carbocycles. The highest BCUT2D eigenvalue weighted by molar-refractivity contribution is 5.89. The summed E-state index contributed by atoms with van der Waals surface area (Å²) in [6, 6.07) is 15.6. The second kappa shape index (κ2) is 6.52. The van der Waals surface area contributed by atoms with Crippen LogP contribution in [0.5, 0.6) is 5.75 Å². The minimum absolute atomic E-state index is 0.176. The molecule has 114 valence electrons. The van der Waals surface area contributed by atoms with Crippen LogP contribution in [0.3, 0.4) is 0 Å². The second-order valence-electron chi connectivity index (χ2n) is 5.69. The summed E-state index contributed by atoms with van der Waals surface area (Å²) in [5.74, 6) is 1.26. The maximum Gasteiger partial charge on any atom is 0.319 e. The fourth-order valence-electron chi connectivity index (χ4n) is 2.66. The maximum absolute atomic E-state index is 11.9. The SMILES string of the molecule is Cc1cccc(NC(=O)NC[C@H]2COc3ccccc3C2)c1. The van der Waals surface area contributed by atoms with Crippen LogP contribution in [0, 0.1) is 12.8 Å². The zero-order valence-electron chi connectivity index (χ0n) is 12.6. The number of amides is 2. The number of rotatable bonds is 3. The van der Waals surface area contributed by atoms with Gasteiger partial charge in [0, 0.05) is 18.2 Å². The van der Waals surface area contributed by atoms with Crippen LogP contribution in [-0.2, 0) is 6.42 Å². The Bertz CT molecular complexity index is 670. The molecule has 0 aromatic heterocycles. The van der Waals surface area contributed by atoms with Gasteiger partial charge in [-0.15, -0.1) is 0 Å². The van der Waals surface area contributed by atoms with E-state index >= 15 is 0 Å². The van der Waals surface area contributed by atoms with Crippen molar-refractivity contribution in [3.05, 3.63) is 59.7 Å². The van der Waals surface area contributed by atoms with Crippen LogP contribution in [0.1, 0.15) is 11.1 Å². The number of carbonyl (C=O) groups is 1. The van der Waals surface area contributed by atoms with E-state index < -0.39 is 0 Å². The topological polar surface area (TPSA) is 50.4 Å². The molecule has 0 unspecified atom stereocenters. The molecule has 0 spiro atoms. The molecular weight excluding hydrogens is 276 g/mol. The van der Waals surface area contributed by atoms with Crippen molar-refractivity contribution in [2.24, 2.45) is 5.92 Å². The first-order valence-corrected chi connectivity index (χ1v) is 7.53. The lowest BCUT2D eigenvalue weighted by Gasteiger charge is -2.25. The van der Waals surface area contributed by atoms with Crippen LogP contribution in [0.25, 0.3) is 0 Å². The summed E-state index contributed by atoms with van der Waals surface area (Å²) in [4.78, 5) is 11.9. The number of urea groups is 1. The first-order chi connectivity index (χ1) is 10.7. The number of hydrogen-bond acceptors (Lipinski definition) is 2. The fourth-order valence-corrected chi connectivity index (χ4v) is 2.66. The van der Waals surface area contributed by atoms with E-state index in [2.05, 4.69) is 16.7 Å². The van der Waals surface area contributed by atoms with Crippen LogP contribution in [0.4, 0.5) is 10.5 Å². The van der Waals surface area contributed by atoms with Crippen molar-refractivity contribution in [3.8, 4) is 5.75 Å². The Morgan fingerprint density at radius 2 is 2.09 bits per heavy atom. The van der Waals surface area contributed by atoms with Gasteiger partial charge in [0.1, 0.15) is 5.75 Å². The summed E-state index contributed by atoms with van der Waals surface area (Å²) < 4.78 is 5.73. The van der Waals surface area contributed by atoms with Gasteiger partial charge in [-0.1, -0.05) is 30.3 Å². The van der Waals surface area contributed by atoms with Crippen molar-refractivity contribution < 1.29 is 9.53 Å².